The Balaban J connectivity index is 2.10. The number of rotatable bonds is 6. The summed E-state index contributed by atoms with van der Waals surface area (Å²) >= 11 is 0. The van der Waals surface area contributed by atoms with Crippen molar-refractivity contribution in [3.05, 3.63) is 59.4 Å². The second-order valence-electron chi connectivity index (χ2n) is 5.87. The van der Waals surface area contributed by atoms with Gasteiger partial charge in [-0.15, -0.1) is 0 Å². The number of aryl methyl sites for hydroxylation is 1. The first-order valence-electron chi connectivity index (χ1n) is 7.87. The lowest BCUT2D eigenvalue weighted by Gasteiger charge is -2.13. The average Bonchev–Trinajstić information content (AvgIpc) is 2.61. The minimum absolute atomic E-state index is 0.259. The molecule has 1 amide bonds. The Bertz CT molecular complexity index is 973. The molecule has 0 unspecified atom stereocenters. The summed E-state index contributed by atoms with van der Waals surface area (Å²) in [6, 6.07) is 9.82. The van der Waals surface area contributed by atoms with Crippen molar-refractivity contribution in [3.8, 4) is 0 Å². The number of esters is 1. The van der Waals surface area contributed by atoms with Crippen molar-refractivity contribution in [2.45, 2.75) is 11.8 Å². The molecule has 0 spiro atoms. The molecule has 2 rings (SSSR count). The van der Waals surface area contributed by atoms with Crippen LogP contribution in [0, 0.1) is 12.7 Å². The van der Waals surface area contributed by atoms with Gasteiger partial charge in [-0.2, -0.15) is 0 Å². The molecule has 0 radical (unpaired) electrons. The molecule has 2 aromatic carbocycles. The van der Waals surface area contributed by atoms with E-state index in [0.29, 0.717) is 5.69 Å². The molecule has 7 nitrogen and oxygen atoms in total. The highest BCUT2D eigenvalue weighted by Gasteiger charge is 2.22. The molecule has 0 aliphatic carbocycles. The number of nitrogens with one attached hydrogen (secondary N) is 1. The van der Waals surface area contributed by atoms with Gasteiger partial charge in [-0.1, -0.05) is 18.2 Å². The van der Waals surface area contributed by atoms with E-state index in [9.17, 15) is 22.4 Å². The van der Waals surface area contributed by atoms with E-state index in [1.165, 1.54) is 14.1 Å². The zero-order valence-electron chi connectivity index (χ0n) is 15.0. The smallest absolute Gasteiger partial charge is 0.341 e. The maximum Gasteiger partial charge on any atom is 0.341 e. The number of carbonyl (C=O) groups excluding carboxylic acids is 2. The van der Waals surface area contributed by atoms with E-state index in [-0.39, 0.29) is 4.90 Å². The molecule has 144 valence electrons. The van der Waals surface area contributed by atoms with Crippen molar-refractivity contribution in [1.29, 1.82) is 0 Å². The normalized spacial score (nSPS) is 11.3. The summed E-state index contributed by atoms with van der Waals surface area (Å²) in [7, 11) is -1.22. The topological polar surface area (TPSA) is 92.8 Å². The third-order valence-corrected chi connectivity index (χ3v) is 5.50. The van der Waals surface area contributed by atoms with Crippen LogP contribution in [-0.4, -0.2) is 45.3 Å². The first-order chi connectivity index (χ1) is 12.6. The van der Waals surface area contributed by atoms with Crippen LogP contribution in [-0.2, 0) is 19.6 Å². The number of carbonyl (C=O) groups is 2. The van der Waals surface area contributed by atoms with Crippen LogP contribution in [0.1, 0.15) is 15.9 Å². The molecule has 0 aromatic heterocycles. The second-order valence-corrected chi connectivity index (χ2v) is 8.02. The molecular formula is C18H19FN2O5S. The first kappa shape index (κ1) is 20.5. The van der Waals surface area contributed by atoms with Crippen LogP contribution in [0.15, 0.2) is 47.4 Å². The summed E-state index contributed by atoms with van der Waals surface area (Å²) in [6.07, 6.45) is 0. The Morgan fingerprint density at radius 2 is 1.81 bits per heavy atom. The summed E-state index contributed by atoms with van der Waals surface area (Å²) < 4.78 is 43.9. The van der Waals surface area contributed by atoms with Gasteiger partial charge in [-0.05, 0) is 36.8 Å². The van der Waals surface area contributed by atoms with Gasteiger partial charge >= 0.3 is 5.97 Å². The SMILES string of the molecule is Cc1ccccc1NC(=O)COC(=O)c1cc(S(=O)(=O)N(C)C)ccc1F. The Morgan fingerprint density at radius 1 is 1.15 bits per heavy atom. The first-order valence-corrected chi connectivity index (χ1v) is 9.31. The number of nitrogens with zero attached hydrogens (tertiary/aromatic N) is 1. The predicted molar refractivity (Wildman–Crippen MR) is 97.4 cm³/mol. The van der Waals surface area contributed by atoms with Crippen LogP contribution in [0.3, 0.4) is 0 Å². The lowest BCUT2D eigenvalue weighted by molar-refractivity contribution is -0.119. The zero-order chi connectivity index (χ0) is 20.2. The summed E-state index contributed by atoms with van der Waals surface area (Å²) in [5.74, 6) is -2.68. The van der Waals surface area contributed by atoms with Crippen molar-refractivity contribution in [3.63, 3.8) is 0 Å². The van der Waals surface area contributed by atoms with Crippen LogP contribution in [0.5, 0.6) is 0 Å². The van der Waals surface area contributed by atoms with E-state index < -0.39 is 39.9 Å². The number of ether oxygens (including phenoxy) is 1. The molecule has 0 aliphatic heterocycles. The number of sulfonamides is 1. The van der Waals surface area contributed by atoms with Crippen molar-refractivity contribution in [2.75, 3.05) is 26.0 Å². The van der Waals surface area contributed by atoms with Crippen LogP contribution in [0.4, 0.5) is 10.1 Å². The van der Waals surface area contributed by atoms with E-state index in [0.717, 1.165) is 28.1 Å². The lowest BCUT2D eigenvalue weighted by Crippen LogP contribution is -2.24. The number of hydrogen-bond donors (Lipinski definition) is 1. The zero-order valence-corrected chi connectivity index (χ0v) is 15.8. The highest BCUT2D eigenvalue weighted by Crippen LogP contribution is 2.18. The number of amides is 1. The van der Waals surface area contributed by atoms with Crippen molar-refractivity contribution in [1.82, 2.24) is 4.31 Å². The quantitative estimate of drug-likeness (QED) is 0.758. The number of hydrogen-bond acceptors (Lipinski definition) is 5. The van der Waals surface area contributed by atoms with Crippen LogP contribution in [0.2, 0.25) is 0 Å². The average molecular weight is 394 g/mol. The molecule has 2 aromatic rings. The summed E-state index contributed by atoms with van der Waals surface area (Å²) in [5.41, 5.74) is 0.815. The molecule has 1 N–H and O–H groups in total. The van der Waals surface area contributed by atoms with Crippen LogP contribution < -0.4 is 5.32 Å². The van der Waals surface area contributed by atoms with Gasteiger partial charge in [0, 0.05) is 19.8 Å². The van der Waals surface area contributed by atoms with Gasteiger partial charge < -0.3 is 10.1 Å². The largest absolute Gasteiger partial charge is 0.452 e. The van der Waals surface area contributed by atoms with Gasteiger partial charge in [0.05, 0.1) is 10.5 Å². The summed E-state index contributed by atoms with van der Waals surface area (Å²) in [5, 5.41) is 2.57. The number of halogens is 1. The highest BCUT2D eigenvalue weighted by atomic mass is 32.2. The molecule has 0 bridgehead atoms. The molecule has 0 aliphatic rings. The molecule has 27 heavy (non-hydrogen) atoms. The fourth-order valence-electron chi connectivity index (χ4n) is 2.14. The Morgan fingerprint density at radius 3 is 2.44 bits per heavy atom. The Labute approximate surface area is 156 Å². The Kier molecular flexibility index (Phi) is 6.29. The van der Waals surface area contributed by atoms with Gasteiger partial charge in [0.1, 0.15) is 5.82 Å². The molecule has 0 saturated carbocycles. The van der Waals surface area contributed by atoms with Gasteiger partial charge in [-0.3, -0.25) is 4.79 Å². The lowest BCUT2D eigenvalue weighted by atomic mass is 10.2. The van der Waals surface area contributed by atoms with E-state index >= 15 is 0 Å². The number of benzene rings is 2. The van der Waals surface area contributed by atoms with Crippen LogP contribution in [0.25, 0.3) is 0 Å². The fraction of sp³-hybridized carbons (Fsp3) is 0.222. The maximum absolute atomic E-state index is 13.9. The fourth-order valence-corrected chi connectivity index (χ4v) is 3.07. The second kappa shape index (κ2) is 8.28. The van der Waals surface area contributed by atoms with E-state index in [4.69, 9.17) is 4.74 Å². The monoisotopic (exact) mass is 394 g/mol. The maximum atomic E-state index is 13.9. The van der Waals surface area contributed by atoms with Crippen molar-refractivity contribution < 1.29 is 27.1 Å². The third-order valence-electron chi connectivity index (χ3n) is 3.69. The standard InChI is InChI=1S/C18H19FN2O5S/c1-12-6-4-5-7-16(12)20-17(22)11-26-18(23)14-10-13(8-9-15(14)19)27(24,25)21(2)3/h4-10H,11H2,1-3H3,(H,20,22). The predicted octanol–water partition coefficient (Wildman–Crippen LogP) is 2.18. The van der Waals surface area contributed by atoms with Gasteiger partial charge in [0.15, 0.2) is 6.61 Å². The molecule has 0 heterocycles. The molecule has 9 heteroatoms. The van der Waals surface area contributed by atoms with Gasteiger partial charge in [0.2, 0.25) is 10.0 Å². The molecule has 0 saturated heterocycles. The molecular weight excluding hydrogens is 375 g/mol. The number of anilines is 1. The van der Waals surface area contributed by atoms with Crippen molar-refractivity contribution >= 4 is 27.6 Å². The van der Waals surface area contributed by atoms with Crippen molar-refractivity contribution in [2.24, 2.45) is 0 Å². The molecule has 0 fully saturated rings. The summed E-state index contributed by atoms with van der Waals surface area (Å²) in [4.78, 5) is 23.7. The van der Waals surface area contributed by atoms with E-state index in [2.05, 4.69) is 5.32 Å². The minimum Gasteiger partial charge on any atom is -0.452 e. The number of para-hydroxylation sites is 1. The summed E-state index contributed by atoms with van der Waals surface area (Å²) in [6.45, 7) is 1.16. The van der Waals surface area contributed by atoms with Gasteiger partial charge in [-0.25, -0.2) is 21.9 Å². The van der Waals surface area contributed by atoms with E-state index in [1.54, 1.807) is 25.1 Å². The molecule has 0 atom stereocenters. The Hall–Kier alpha value is -2.78. The third kappa shape index (κ3) is 4.89. The van der Waals surface area contributed by atoms with Gasteiger partial charge in [0.25, 0.3) is 5.91 Å². The van der Waals surface area contributed by atoms with E-state index in [1.807, 2.05) is 6.07 Å². The van der Waals surface area contributed by atoms with Crippen LogP contribution >= 0.6 is 0 Å². The minimum atomic E-state index is -3.85. The highest BCUT2D eigenvalue weighted by molar-refractivity contribution is 7.89.